The molecule has 0 amide bonds. The smallest absolute Gasteiger partial charge is 0.0678 e. The van der Waals surface area contributed by atoms with Crippen LogP contribution in [-0.2, 0) is 6.42 Å². The fourth-order valence-corrected chi connectivity index (χ4v) is 3.31. The van der Waals surface area contributed by atoms with Crippen molar-refractivity contribution in [1.29, 1.82) is 0 Å². The van der Waals surface area contributed by atoms with Crippen LogP contribution in [0.25, 0.3) is 5.69 Å². The summed E-state index contributed by atoms with van der Waals surface area (Å²) in [6.07, 6.45) is 1.06. The number of hydrogen-bond donors (Lipinski definition) is 1. The molecule has 0 aliphatic carbocycles. The van der Waals surface area contributed by atoms with Gasteiger partial charge in [0.1, 0.15) is 0 Å². The Morgan fingerprint density at radius 1 is 1.29 bits per heavy atom. The van der Waals surface area contributed by atoms with Gasteiger partial charge in [-0.25, -0.2) is 4.68 Å². The summed E-state index contributed by atoms with van der Waals surface area (Å²) < 4.78 is 3.19. The first-order chi connectivity index (χ1) is 9.93. The molecule has 1 unspecified atom stereocenters. The van der Waals surface area contributed by atoms with Crippen molar-refractivity contribution < 1.29 is 0 Å². The zero-order valence-electron chi connectivity index (χ0n) is 13.5. The van der Waals surface area contributed by atoms with Gasteiger partial charge in [-0.1, -0.05) is 22.9 Å². The van der Waals surface area contributed by atoms with Crippen LogP contribution in [-0.4, -0.2) is 23.4 Å². The summed E-state index contributed by atoms with van der Waals surface area (Å²) in [4.78, 5) is 0. The molecule has 1 atom stereocenters. The molecule has 2 aromatic rings. The Morgan fingerprint density at radius 2 is 2.00 bits per heavy atom. The summed E-state index contributed by atoms with van der Waals surface area (Å²) in [7, 11) is 2.00. The maximum Gasteiger partial charge on any atom is 0.0678 e. The molecule has 0 saturated carbocycles. The predicted molar refractivity (Wildman–Crippen MR) is 92.3 cm³/mol. The molecule has 114 valence electrons. The van der Waals surface area contributed by atoms with E-state index in [0.29, 0.717) is 5.92 Å². The molecule has 0 fully saturated rings. The molecule has 0 spiro atoms. The van der Waals surface area contributed by atoms with Crippen LogP contribution < -0.4 is 5.32 Å². The minimum absolute atomic E-state index is 0.607. The first-order valence-electron chi connectivity index (χ1n) is 7.40. The molecule has 0 radical (unpaired) electrons. The van der Waals surface area contributed by atoms with Crippen molar-refractivity contribution in [3.8, 4) is 5.69 Å². The van der Waals surface area contributed by atoms with Crippen LogP contribution in [0.4, 0.5) is 0 Å². The molecule has 21 heavy (non-hydrogen) atoms. The van der Waals surface area contributed by atoms with E-state index in [1.807, 2.05) is 7.05 Å². The average Bonchev–Trinajstić information content (AvgIpc) is 2.67. The van der Waals surface area contributed by atoms with Gasteiger partial charge in [0, 0.05) is 10.2 Å². The summed E-state index contributed by atoms with van der Waals surface area (Å²) in [6, 6.07) is 6.33. The maximum atomic E-state index is 4.77. The van der Waals surface area contributed by atoms with E-state index < -0.39 is 0 Å². The Morgan fingerprint density at radius 3 is 2.62 bits per heavy atom. The van der Waals surface area contributed by atoms with Crippen molar-refractivity contribution in [3.63, 3.8) is 0 Å². The molecule has 0 aliphatic rings. The van der Waals surface area contributed by atoms with Gasteiger partial charge in [0.15, 0.2) is 0 Å². The van der Waals surface area contributed by atoms with Crippen LogP contribution in [0.3, 0.4) is 0 Å². The number of halogens is 1. The highest BCUT2D eigenvalue weighted by molar-refractivity contribution is 9.10. The molecule has 0 saturated heterocycles. The van der Waals surface area contributed by atoms with Gasteiger partial charge in [-0.2, -0.15) is 5.10 Å². The summed E-state index contributed by atoms with van der Waals surface area (Å²) >= 11 is 3.52. The zero-order chi connectivity index (χ0) is 15.6. The van der Waals surface area contributed by atoms with Gasteiger partial charge < -0.3 is 5.32 Å². The van der Waals surface area contributed by atoms with E-state index in [1.165, 1.54) is 16.8 Å². The topological polar surface area (TPSA) is 29.9 Å². The molecular formula is C17H24BrN3. The van der Waals surface area contributed by atoms with E-state index in [4.69, 9.17) is 5.10 Å². The monoisotopic (exact) mass is 349 g/mol. The maximum absolute atomic E-state index is 4.77. The summed E-state index contributed by atoms with van der Waals surface area (Å²) in [5.74, 6) is 0.607. The van der Waals surface area contributed by atoms with Gasteiger partial charge in [0.2, 0.25) is 0 Å². The van der Waals surface area contributed by atoms with E-state index in [-0.39, 0.29) is 0 Å². The van der Waals surface area contributed by atoms with Crippen molar-refractivity contribution in [2.45, 2.75) is 34.1 Å². The summed E-state index contributed by atoms with van der Waals surface area (Å²) in [5.41, 5.74) is 6.15. The molecule has 2 rings (SSSR count). The molecule has 1 N–H and O–H groups in total. The minimum atomic E-state index is 0.607. The molecule has 4 heteroatoms. The lowest BCUT2D eigenvalue weighted by Gasteiger charge is -2.12. The lowest BCUT2D eigenvalue weighted by Crippen LogP contribution is -2.18. The number of rotatable bonds is 5. The van der Waals surface area contributed by atoms with Crippen LogP contribution in [0.15, 0.2) is 22.7 Å². The van der Waals surface area contributed by atoms with E-state index in [0.717, 1.165) is 28.8 Å². The molecular weight excluding hydrogens is 326 g/mol. The number of aryl methyl sites for hydroxylation is 2. The largest absolute Gasteiger partial charge is 0.319 e. The second kappa shape index (κ2) is 6.75. The lowest BCUT2D eigenvalue weighted by atomic mass is 9.99. The lowest BCUT2D eigenvalue weighted by molar-refractivity contribution is 0.539. The van der Waals surface area contributed by atoms with Crippen molar-refractivity contribution in [2.24, 2.45) is 5.92 Å². The van der Waals surface area contributed by atoms with E-state index in [9.17, 15) is 0 Å². The van der Waals surface area contributed by atoms with Gasteiger partial charge in [-0.3, -0.25) is 0 Å². The minimum Gasteiger partial charge on any atom is -0.319 e. The first kappa shape index (κ1) is 16.2. The quantitative estimate of drug-likeness (QED) is 0.885. The van der Waals surface area contributed by atoms with Crippen molar-refractivity contribution in [2.75, 3.05) is 13.6 Å². The Bertz CT molecular complexity index is 631. The summed E-state index contributed by atoms with van der Waals surface area (Å²) in [6.45, 7) is 9.71. The Hall–Kier alpha value is -1.13. The van der Waals surface area contributed by atoms with Crippen LogP contribution >= 0.6 is 15.9 Å². The Kier molecular flexibility index (Phi) is 5.22. The number of nitrogens with zero attached hydrogens (tertiary/aromatic N) is 2. The third kappa shape index (κ3) is 3.55. The predicted octanol–water partition coefficient (Wildman–Crippen LogP) is 3.96. The first-order valence-corrected chi connectivity index (χ1v) is 8.19. The van der Waals surface area contributed by atoms with Crippen LogP contribution in [0, 0.1) is 26.7 Å². The molecule has 1 aromatic carbocycles. The number of hydrogen-bond acceptors (Lipinski definition) is 2. The average molecular weight is 350 g/mol. The van der Waals surface area contributed by atoms with Crippen molar-refractivity contribution in [3.05, 3.63) is 45.2 Å². The number of nitrogens with one attached hydrogen (secondary N) is 1. The summed E-state index contributed by atoms with van der Waals surface area (Å²) in [5, 5.41) is 8.01. The van der Waals surface area contributed by atoms with Crippen LogP contribution in [0.5, 0.6) is 0 Å². The van der Waals surface area contributed by atoms with E-state index >= 15 is 0 Å². The zero-order valence-corrected chi connectivity index (χ0v) is 15.1. The van der Waals surface area contributed by atoms with E-state index in [2.05, 4.69) is 71.8 Å². The Balaban J connectivity index is 2.38. The molecule has 1 heterocycles. The fraction of sp³-hybridized carbons (Fsp3) is 0.471. The van der Waals surface area contributed by atoms with E-state index in [1.54, 1.807) is 0 Å². The van der Waals surface area contributed by atoms with Gasteiger partial charge in [-0.05, 0) is 76.0 Å². The third-order valence-corrected chi connectivity index (χ3v) is 4.43. The van der Waals surface area contributed by atoms with Crippen molar-refractivity contribution >= 4 is 15.9 Å². The highest BCUT2D eigenvalue weighted by Gasteiger charge is 2.16. The van der Waals surface area contributed by atoms with Crippen LogP contribution in [0.2, 0.25) is 0 Å². The Labute approximate surface area is 135 Å². The normalized spacial score (nSPS) is 12.7. The third-order valence-electron chi connectivity index (χ3n) is 3.93. The molecule has 0 aliphatic heterocycles. The SMILES string of the molecule is CNCC(C)Cc1c(C)nn(-c2ccc(Br)cc2C)c1C. The van der Waals surface area contributed by atoms with Gasteiger partial charge in [0.25, 0.3) is 0 Å². The fourth-order valence-electron chi connectivity index (χ4n) is 2.83. The molecule has 3 nitrogen and oxygen atoms in total. The highest BCUT2D eigenvalue weighted by atomic mass is 79.9. The van der Waals surface area contributed by atoms with Gasteiger partial charge in [0.05, 0.1) is 11.4 Å². The standard InChI is InChI=1S/C17H24BrN3/c1-11(10-19-5)8-16-13(3)20-21(14(16)4)17-7-6-15(18)9-12(17)2/h6-7,9,11,19H,8,10H2,1-5H3. The second-order valence-corrected chi connectivity index (χ2v) is 6.77. The second-order valence-electron chi connectivity index (χ2n) is 5.86. The number of aromatic nitrogens is 2. The van der Waals surface area contributed by atoms with Gasteiger partial charge >= 0.3 is 0 Å². The van der Waals surface area contributed by atoms with Gasteiger partial charge in [-0.15, -0.1) is 0 Å². The van der Waals surface area contributed by atoms with Crippen molar-refractivity contribution in [1.82, 2.24) is 15.1 Å². The number of benzene rings is 1. The highest BCUT2D eigenvalue weighted by Crippen LogP contribution is 2.24. The van der Waals surface area contributed by atoms with Crippen LogP contribution in [0.1, 0.15) is 29.4 Å². The molecule has 0 bridgehead atoms. The molecule has 1 aromatic heterocycles.